The number of para-hydroxylation sites is 1. The van der Waals surface area contributed by atoms with Gasteiger partial charge >= 0.3 is 0 Å². The van der Waals surface area contributed by atoms with Crippen LogP contribution in [0.3, 0.4) is 0 Å². The van der Waals surface area contributed by atoms with Crippen LogP contribution in [0.2, 0.25) is 0 Å². The molecule has 0 spiro atoms. The summed E-state index contributed by atoms with van der Waals surface area (Å²) in [7, 11) is 2.13. The van der Waals surface area contributed by atoms with Crippen molar-refractivity contribution in [1.29, 1.82) is 0 Å². The highest BCUT2D eigenvalue weighted by Gasteiger charge is 2.31. The molecule has 3 nitrogen and oxygen atoms in total. The Balaban J connectivity index is 2.43. The third-order valence-electron chi connectivity index (χ3n) is 4.14. The summed E-state index contributed by atoms with van der Waals surface area (Å²) in [5, 5.41) is 9.74. The highest BCUT2D eigenvalue weighted by Crippen LogP contribution is 2.31. The molecular formula is C16H26N2O. The second kappa shape index (κ2) is 5.93. The van der Waals surface area contributed by atoms with Gasteiger partial charge < -0.3 is 14.9 Å². The van der Waals surface area contributed by atoms with E-state index in [-0.39, 0.29) is 12.6 Å². The Morgan fingerprint density at radius 1 is 1.32 bits per heavy atom. The first-order chi connectivity index (χ1) is 9.08. The van der Waals surface area contributed by atoms with E-state index < -0.39 is 0 Å². The highest BCUT2D eigenvalue weighted by atomic mass is 16.3. The van der Waals surface area contributed by atoms with Gasteiger partial charge in [0.05, 0.1) is 12.6 Å². The van der Waals surface area contributed by atoms with Gasteiger partial charge in [0.15, 0.2) is 0 Å². The fourth-order valence-corrected chi connectivity index (χ4v) is 3.34. The molecule has 2 unspecified atom stereocenters. The van der Waals surface area contributed by atoms with Gasteiger partial charge in [-0.1, -0.05) is 25.1 Å². The lowest BCUT2D eigenvalue weighted by Gasteiger charge is -2.46. The van der Waals surface area contributed by atoms with Gasteiger partial charge in [0.2, 0.25) is 0 Å². The molecule has 1 N–H and O–H groups in total. The average molecular weight is 262 g/mol. The molecule has 3 heteroatoms. The summed E-state index contributed by atoms with van der Waals surface area (Å²) >= 11 is 0. The number of aryl methyl sites for hydroxylation is 2. The molecule has 1 heterocycles. The number of aliphatic hydroxyl groups excluding tert-OH is 1. The Morgan fingerprint density at radius 2 is 2.05 bits per heavy atom. The molecule has 0 amide bonds. The Morgan fingerprint density at radius 3 is 2.68 bits per heavy atom. The molecule has 1 aliphatic heterocycles. The maximum Gasteiger partial charge on any atom is 0.0651 e. The largest absolute Gasteiger partial charge is 0.394 e. The molecular weight excluding hydrogens is 236 g/mol. The third-order valence-corrected chi connectivity index (χ3v) is 4.14. The summed E-state index contributed by atoms with van der Waals surface area (Å²) in [4.78, 5) is 4.75. The number of hydrogen-bond acceptors (Lipinski definition) is 3. The summed E-state index contributed by atoms with van der Waals surface area (Å²) in [5.74, 6) is 0. The van der Waals surface area contributed by atoms with E-state index in [0.29, 0.717) is 6.04 Å². The molecule has 0 aromatic heterocycles. The fourth-order valence-electron chi connectivity index (χ4n) is 3.34. The van der Waals surface area contributed by atoms with E-state index >= 15 is 0 Å². The van der Waals surface area contributed by atoms with E-state index in [4.69, 9.17) is 0 Å². The zero-order chi connectivity index (χ0) is 14.0. The van der Waals surface area contributed by atoms with E-state index in [1.54, 1.807) is 0 Å². The summed E-state index contributed by atoms with van der Waals surface area (Å²) in [6, 6.07) is 7.14. The van der Waals surface area contributed by atoms with Crippen molar-refractivity contribution in [3.8, 4) is 0 Å². The van der Waals surface area contributed by atoms with Gasteiger partial charge in [0.25, 0.3) is 0 Å². The maximum atomic E-state index is 9.74. The first-order valence-electron chi connectivity index (χ1n) is 7.24. The van der Waals surface area contributed by atoms with Crippen LogP contribution in [0.4, 0.5) is 5.69 Å². The Hall–Kier alpha value is -1.06. The van der Waals surface area contributed by atoms with Crippen LogP contribution in [0.25, 0.3) is 0 Å². The van der Waals surface area contributed by atoms with Crippen LogP contribution in [0.5, 0.6) is 0 Å². The van der Waals surface area contributed by atoms with Crippen LogP contribution in [-0.4, -0.2) is 48.8 Å². The average Bonchev–Trinajstić information content (AvgIpc) is 2.38. The lowest BCUT2D eigenvalue weighted by atomic mass is 9.99. The molecule has 1 aromatic rings. The molecule has 19 heavy (non-hydrogen) atoms. The Labute approximate surface area is 116 Å². The van der Waals surface area contributed by atoms with E-state index in [9.17, 15) is 5.11 Å². The number of benzene rings is 1. The lowest BCUT2D eigenvalue weighted by molar-refractivity contribution is 0.171. The number of likely N-dealkylation sites (N-methyl/N-ethyl adjacent to an activating group) is 1. The van der Waals surface area contributed by atoms with Gasteiger partial charge in [-0.15, -0.1) is 0 Å². The lowest BCUT2D eigenvalue weighted by Crippen LogP contribution is -2.58. The molecule has 1 saturated heterocycles. The number of piperazine rings is 1. The van der Waals surface area contributed by atoms with Crippen molar-refractivity contribution in [2.45, 2.75) is 39.3 Å². The molecule has 1 aliphatic rings. The van der Waals surface area contributed by atoms with Crippen molar-refractivity contribution < 1.29 is 5.11 Å². The van der Waals surface area contributed by atoms with Gasteiger partial charge in [0.1, 0.15) is 0 Å². The quantitative estimate of drug-likeness (QED) is 0.903. The van der Waals surface area contributed by atoms with Gasteiger partial charge in [0, 0.05) is 24.8 Å². The topological polar surface area (TPSA) is 26.7 Å². The fraction of sp³-hybridized carbons (Fsp3) is 0.625. The minimum Gasteiger partial charge on any atom is -0.394 e. The second-order valence-corrected chi connectivity index (χ2v) is 5.75. The second-order valence-electron chi connectivity index (χ2n) is 5.75. The summed E-state index contributed by atoms with van der Waals surface area (Å²) in [6.07, 6.45) is 1.04. The first-order valence-corrected chi connectivity index (χ1v) is 7.24. The number of nitrogens with zero attached hydrogens (tertiary/aromatic N) is 2. The van der Waals surface area contributed by atoms with Crippen molar-refractivity contribution in [3.05, 3.63) is 29.3 Å². The molecule has 1 aromatic carbocycles. The number of anilines is 1. The van der Waals surface area contributed by atoms with E-state index in [1.165, 1.54) is 16.8 Å². The van der Waals surface area contributed by atoms with E-state index in [2.05, 4.69) is 55.8 Å². The minimum atomic E-state index is 0.195. The zero-order valence-corrected chi connectivity index (χ0v) is 12.6. The molecule has 2 atom stereocenters. The number of aliphatic hydroxyl groups is 1. The molecule has 0 saturated carbocycles. The van der Waals surface area contributed by atoms with Crippen molar-refractivity contribution in [1.82, 2.24) is 4.90 Å². The van der Waals surface area contributed by atoms with Crippen LogP contribution in [0, 0.1) is 6.92 Å². The molecule has 2 rings (SSSR count). The molecule has 0 bridgehead atoms. The summed E-state index contributed by atoms with van der Waals surface area (Å²) in [5.41, 5.74) is 4.04. The Kier molecular flexibility index (Phi) is 4.48. The SMILES string of the molecule is CCc1cccc(C)c1N1C(C)CN(C)CC1CO. The summed E-state index contributed by atoms with van der Waals surface area (Å²) < 4.78 is 0. The monoisotopic (exact) mass is 262 g/mol. The van der Waals surface area contributed by atoms with Crippen molar-refractivity contribution in [2.24, 2.45) is 0 Å². The molecule has 0 aliphatic carbocycles. The number of hydrogen-bond donors (Lipinski definition) is 1. The maximum absolute atomic E-state index is 9.74. The van der Waals surface area contributed by atoms with Crippen molar-refractivity contribution >= 4 is 5.69 Å². The van der Waals surface area contributed by atoms with Gasteiger partial charge in [-0.25, -0.2) is 0 Å². The molecule has 0 radical (unpaired) electrons. The van der Waals surface area contributed by atoms with Crippen LogP contribution in [0.15, 0.2) is 18.2 Å². The normalized spacial score (nSPS) is 24.8. The van der Waals surface area contributed by atoms with Crippen molar-refractivity contribution in [2.75, 3.05) is 31.6 Å². The van der Waals surface area contributed by atoms with Gasteiger partial charge in [-0.2, -0.15) is 0 Å². The smallest absolute Gasteiger partial charge is 0.0651 e. The van der Waals surface area contributed by atoms with Crippen molar-refractivity contribution in [3.63, 3.8) is 0 Å². The van der Waals surface area contributed by atoms with E-state index in [1.807, 2.05) is 0 Å². The highest BCUT2D eigenvalue weighted by molar-refractivity contribution is 5.61. The Bertz CT molecular complexity index is 433. The predicted molar refractivity (Wildman–Crippen MR) is 80.9 cm³/mol. The van der Waals surface area contributed by atoms with Gasteiger partial charge in [-0.05, 0) is 38.4 Å². The minimum absolute atomic E-state index is 0.195. The zero-order valence-electron chi connectivity index (χ0n) is 12.6. The van der Waals surface area contributed by atoms with Crippen LogP contribution >= 0.6 is 0 Å². The summed E-state index contributed by atoms with van der Waals surface area (Å²) in [6.45, 7) is 8.82. The first kappa shape index (κ1) is 14.4. The van der Waals surface area contributed by atoms with Crippen LogP contribution in [0.1, 0.15) is 25.0 Å². The predicted octanol–water partition coefficient (Wildman–Crippen LogP) is 2.06. The van der Waals surface area contributed by atoms with Crippen LogP contribution < -0.4 is 4.90 Å². The molecule has 1 fully saturated rings. The van der Waals surface area contributed by atoms with E-state index in [0.717, 1.165) is 19.5 Å². The third kappa shape index (κ3) is 2.77. The van der Waals surface area contributed by atoms with Crippen LogP contribution in [-0.2, 0) is 6.42 Å². The van der Waals surface area contributed by atoms with Gasteiger partial charge in [-0.3, -0.25) is 0 Å². The standard InChI is InChI=1S/C16H26N2O/c1-5-14-8-6-7-12(2)16(14)18-13(3)9-17(4)10-15(18)11-19/h6-8,13,15,19H,5,9-11H2,1-4H3. The molecule has 106 valence electrons. The number of rotatable bonds is 3.